The third-order valence-electron chi connectivity index (χ3n) is 3.15. The Kier molecular flexibility index (Phi) is 3.89. The van der Waals surface area contributed by atoms with Crippen molar-refractivity contribution in [3.63, 3.8) is 0 Å². The van der Waals surface area contributed by atoms with Crippen LogP contribution in [0.25, 0.3) is 11.3 Å². The number of rotatable bonds is 3. The van der Waals surface area contributed by atoms with E-state index >= 15 is 0 Å². The van der Waals surface area contributed by atoms with E-state index in [-0.39, 0.29) is 5.91 Å². The fourth-order valence-electron chi connectivity index (χ4n) is 2.09. The molecule has 0 aliphatic carbocycles. The molecule has 2 N–H and O–H groups in total. The van der Waals surface area contributed by atoms with E-state index in [1.54, 1.807) is 18.2 Å². The number of aryl methyl sites for hydroxylation is 1. The maximum Gasteiger partial charge on any atom is 0.260 e. The van der Waals surface area contributed by atoms with Gasteiger partial charge in [0.1, 0.15) is 5.82 Å². The second-order valence-electron chi connectivity index (χ2n) is 4.78. The average molecular weight is 313 g/mol. The smallest absolute Gasteiger partial charge is 0.260 e. The predicted octanol–water partition coefficient (Wildman–Crippen LogP) is 3.69. The van der Waals surface area contributed by atoms with E-state index in [4.69, 9.17) is 11.6 Å². The number of aromatic amines is 1. The zero-order valence-electron chi connectivity index (χ0n) is 11.8. The number of nitrogens with one attached hydrogen (secondary N) is 2. The first-order valence-corrected chi connectivity index (χ1v) is 7.05. The molecule has 0 bridgehead atoms. The number of carbonyl (C=O) groups is 1. The molecule has 2 heterocycles. The van der Waals surface area contributed by atoms with Gasteiger partial charge in [-0.1, -0.05) is 29.8 Å². The fourth-order valence-corrected chi connectivity index (χ4v) is 2.22. The Morgan fingerprint density at radius 1 is 1.18 bits per heavy atom. The SMILES string of the molecule is Cc1cccc(NC(=O)c2cn[nH]c2-c2ccc(Cl)cc2)n1. The van der Waals surface area contributed by atoms with E-state index in [1.165, 1.54) is 6.20 Å². The average Bonchev–Trinajstić information content (AvgIpc) is 2.97. The molecule has 22 heavy (non-hydrogen) atoms. The second-order valence-corrected chi connectivity index (χ2v) is 5.22. The summed E-state index contributed by atoms with van der Waals surface area (Å²) in [4.78, 5) is 16.7. The monoisotopic (exact) mass is 312 g/mol. The summed E-state index contributed by atoms with van der Waals surface area (Å²) in [7, 11) is 0. The summed E-state index contributed by atoms with van der Waals surface area (Å²) < 4.78 is 0. The number of benzene rings is 1. The molecule has 1 aromatic carbocycles. The van der Waals surface area contributed by atoms with Crippen LogP contribution >= 0.6 is 11.6 Å². The summed E-state index contributed by atoms with van der Waals surface area (Å²) in [5.41, 5.74) is 2.76. The third kappa shape index (κ3) is 2.99. The minimum atomic E-state index is -0.267. The Balaban J connectivity index is 1.88. The molecular formula is C16H13ClN4O. The number of pyridine rings is 1. The largest absolute Gasteiger partial charge is 0.306 e. The number of H-pyrrole nitrogens is 1. The number of hydrogen-bond donors (Lipinski definition) is 2. The lowest BCUT2D eigenvalue weighted by atomic mass is 10.1. The molecule has 110 valence electrons. The molecule has 1 amide bonds. The van der Waals surface area contributed by atoms with Crippen LogP contribution in [0.3, 0.4) is 0 Å². The highest BCUT2D eigenvalue weighted by molar-refractivity contribution is 6.30. The molecule has 3 rings (SSSR count). The van der Waals surface area contributed by atoms with Gasteiger partial charge >= 0.3 is 0 Å². The number of aromatic nitrogens is 3. The van der Waals surface area contributed by atoms with Crippen molar-refractivity contribution < 1.29 is 4.79 Å². The quantitative estimate of drug-likeness (QED) is 0.775. The van der Waals surface area contributed by atoms with Crippen molar-refractivity contribution in [3.8, 4) is 11.3 Å². The van der Waals surface area contributed by atoms with Crippen LogP contribution in [0, 0.1) is 6.92 Å². The normalized spacial score (nSPS) is 10.5. The highest BCUT2D eigenvalue weighted by Gasteiger charge is 2.15. The Hall–Kier alpha value is -2.66. The summed E-state index contributed by atoms with van der Waals surface area (Å²) in [6.07, 6.45) is 1.50. The van der Waals surface area contributed by atoms with Crippen molar-refractivity contribution in [2.45, 2.75) is 6.92 Å². The fraction of sp³-hybridized carbons (Fsp3) is 0.0625. The lowest BCUT2D eigenvalue weighted by Gasteiger charge is -2.06. The maximum absolute atomic E-state index is 12.4. The second kappa shape index (κ2) is 5.99. The number of carbonyl (C=O) groups excluding carboxylic acids is 1. The van der Waals surface area contributed by atoms with Crippen LogP contribution in [0.5, 0.6) is 0 Å². The van der Waals surface area contributed by atoms with Crippen molar-refractivity contribution in [1.29, 1.82) is 0 Å². The van der Waals surface area contributed by atoms with E-state index in [0.717, 1.165) is 11.3 Å². The van der Waals surface area contributed by atoms with E-state index in [2.05, 4.69) is 20.5 Å². The molecule has 0 aliphatic rings. The van der Waals surface area contributed by atoms with Crippen molar-refractivity contribution in [1.82, 2.24) is 15.2 Å². The van der Waals surface area contributed by atoms with Gasteiger partial charge < -0.3 is 5.32 Å². The summed E-state index contributed by atoms with van der Waals surface area (Å²) in [5.74, 6) is 0.241. The first-order valence-electron chi connectivity index (χ1n) is 6.68. The van der Waals surface area contributed by atoms with Gasteiger partial charge in [-0.2, -0.15) is 5.10 Å². The maximum atomic E-state index is 12.4. The molecule has 0 spiro atoms. The summed E-state index contributed by atoms with van der Waals surface area (Å²) >= 11 is 5.88. The first kappa shape index (κ1) is 14.3. The van der Waals surface area contributed by atoms with Gasteiger partial charge in [-0.3, -0.25) is 9.89 Å². The van der Waals surface area contributed by atoms with Gasteiger partial charge in [0.05, 0.1) is 17.5 Å². The van der Waals surface area contributed by atoms with Gasteiger partial charge in [-0.05, 0) is 31.2 Å². The van der Waals surface area contributed by atoms with Gasteiger partial charge in [-0.25, -0.2) is 4.98 Å². The highest BCUT2D eigenvalue weighted by atomic mass is 35.5. The van der Waals surface area contributed by atoms with E-state index < -0.39 is 0 Å². The lowest BCUT2D eigenvalue weighted by molar-refractivity contribution is 0.102. The van der Waals surface area contributed by atoms with Crippen LogP contribution in [0.4, 0.5) is 5.82 Å². The van der Waals surface area contributed by atoms with Crippen LogP contribution in [-0.4, -0.2) is 21.1 Å². The van der Waals surface area contributed by atoms with Gasteiger partial charge in [0, 0.05) is 16.3 Å². The molecule has 3 aromatic rings. The topological polar surface area (TPSA) is 70.7 Å². The molecule has 0 atom stereocenters. The minimum absolute atomic E-state index is 0.267. The highest BCUT2D eigenvalue weighted by Crippen LogP contribution is 2.23. The summed E-state index contributed by atoms with van der Waals surface area (Å²) in [6.45, 7) is 1.87. The van der Waals surface area contributed by atoms with Gasteiger partial charge in [0.2, 0.25) is 0 Å². The van der Waals surface area contributed by atoms with Crippen LogP contribution < -0.4 is 5.32 Å². The van der Waals surface area contributed by atoms with Crippen molar-refractivity contribution in [2.24, 2.45) is 0 Å². The molecule has 0 saturated heterocycles. The van der Waals surface area contributed by atoms with Crippen LogP contribution in [-0.2, 0) is 0 Å². The van der Waals surface area contributed by atoms with Gasteiger partial charge in [0.15, 0.2) is 0 Å². The number of anilines is 1. The molecule has 0 aliphatic heterocycles. The number of hydrogen-bond acceptors (Lipinski definition) is 3. The molecular weight excluding hydrogens is 300 g/mol. The molecule has 0 unspecified atom stereocenters. The standard InChI is InChI=1S/C16H13ClN4O/c1-10-3-2-4-14(19-10)20-16(22)13-9-18-21-15(13)11-5-7-12(17)8-6-11/h2-9H,1H3,(H,18,21)(H,19,20,22). The van der Waals surface area contributed by atoms with E-state index in [1.807, 2.05) is 31.2 Å². The molecule has 0 saturated carbocycles. The molecule has 6 heteroatoms. The first-order chi connectivity index (χ1) is 10.6. The van der Waals surface area contributed by atoms with E-state index in [9.17, 15) is 4.79 Å². The number of nitrogens with zero attached hydrogens (tertiary/aromatic N) is 2. The molecule has 2 aromatic heterocycles. The minimum Gasteiger partial charge on any atom is -0.306 e. The number of halogens is 1. The van der Waals surface area contributed by atoms with Gasteiger partial charge in [-0.15, -0.1) is 0 Å². The Labute approximate surface area is 132 Å². The Morgan fingerprint density at radius 2 is 1.95 bits per heavy atom. The lowest BCUT2D eigenvalue weighted by Crippen LogP contribution is -2.13. The van der Waals surface area contributed by atoms with Crippen LogP contribution in [0.15, 0.2) is 48.7 Å². The Bertz CT molecular complexity index is 811. The summed E-state index contributed by atoms with van der Waals surface area (Å²) in [6, 6.07) is 12.6. The van der Waals surface area contributed by atoms with Gasteiger partial charge in [0.25, 0.3) is 5.91 Å². The molecule has 5 nitrogen and oxygen atoms in total. The summed E-state index contributed by atoms with van der Waals surface area (Å²) in [5, 5.41) is 10.2. The van der Waals surface area contributed by atoms with E-state index in [0.29, 0.717) is 22.1 Å². The Morgan fingerprint density at radius 3 is 2.68 bits per heavy atom. The van der Waals surface area contributed by atoms with Crippen molar-refractivity contribution >= 4 is 23.3 Å². The van der Waals surface area contributed by atoms with Crippen LogP contribution in [0.1, 0.15) is 16.1 Å². The number of amides is 1. The zero-order chi connectivity index (χ0) is 15.5. The zero-order valence-corrected chi connectivity index (χ0v) is 12.6. The predicted molar refractivity (Wildman–Crippen MR) is 86.0 cm³/mol. The molecule has 0 radical (unpaired) electrons. The van der Waals surface area contributed by atoms with Crippen molar-refractivity contribution in [2.75, 3.05) is 5.32 Å². The third-order valence-corrected chi connectivity index (χ3v) is 3.40. The van der Waals surface area contributed by atoms with Crippen LogP contribution in [0.2, 0.25) is 5.02 Å². The molecule has 0 fully saturated rings. The van der Waals surface area contributed by atoms with Crippen molar-refractivity contribution in [3.05, 3.63) is 64.9 Å².